The molecule has 1 heterocycles. The van der Waals surface area contributed by atoms with Gasteiger partial charge in [-0.05, 0) is 38.8 Å². The Morgan fingerprint density at radius 3 is 2.52 bits per heavy atom. The highest BCUT2D eigenvalue weighted by Gasteiger charge is 2.27. The molecule has 1 aromatic carbocycles. The van der Waals surface area contributed by atoms with Crippen molar-refractivity contribution in [1.29, 1.82) is 0 Å². The van der Waals surface area contributed by atoms with Crippen LogP contribution in [0.3, 0.4) is 0 Å². The van der Waals surface area contributed by atoms with Crippen LogP contribution in [0.15, 0.2) is 41.6 Å². The first-order valence-electron chi connectivity index (χ1n) is 7.29. The maximum atomic E-state index is 12.1. The molecule has 0 fully saturated rings. The van der Waals surface area contributed by atoms with E-state index in [9.17, 15) is 4.79 Å². The molecule has 114 valence electrons. The number of nitrogens with one attached hydrogen (secondary N) is 1. The summed E-state index contributed by atoms with van der Waals surface area (Å²) < 4.78 is 5.41. The number of benzene rings is 1. The smallest absolute Gasteiger partial charge is 0.410 e. The molecule has 0 bridgehead atoms. The second kappa shape index (κ2) is 6.20. The minimum atomic E-state index is -0.453. The number of hydrogen-bond donors (Lipinski definition) is 1. The van der Waals surface area contributed by atoms with Gasteiger partial charge in [-0.3, -0.25) is 4.90 Å². The number of hydrogen-bond acceptors (Lipinski definition) is 3. The van der Waals surface area contributed by atoms with Crippen molar-refractivity contribution in [3.05, 3.63) is 47.2 Å². The third-order valence-corrected chi connectivity index (χ3v) is 3.29. The van der Waals surface area contributed by atoms with Gasteiger partial charge < -0.3 is 10.1 Å². The molecule has 1 N–H and O–H groups in total. The van der Waals surface area contributed by atoms with Crippen molar-refractivity contribution in [2.45, 2.75) is 39.8 Å². The van der Waals surface area contributed by atoms with E-state index >= 15 is 0 Å². The predicted molar refractivity (Wildman–Crippen MR) is 83.8 cm³/mol. The van der Waals surface area contributed by atoms with Crippen LogP contribution in [0.2, 0.25) is 0 Å². The van der Waals surface area contributed by atoms with E-state index in [4.69, 9.17) is 4.74 Å². The van der Waals surface area contributed by atoms with E-state index in [0.29, 0.717) is 13.1 Å². The van der Waals surface area contributed by atoms with Gasteiger partial charge in [0.25, 0.3) is 0 Å². The Morgan fingerprint density at radius 1 is 1.24 bits per heavy atom. The van der Waals surface area contributed by atoms with Gasteiger partial charge in [0.15, 0.2) is 0 Å². The molecule has 1 aliphatic rings. The van der Waals surface area contributed by atoms with Gasteiger partial charge in [0, 0.05) is 18.8 Å². The van der Waals surface area contributed by atoms with E-state index in [1.807, 2.05) is 39.0 Å². The molecular weight excluding hydrogens is 264 g/mol. The van der Waals surface area contributed by atoms with E-state index in [1.165, 1.54) is 11.1 Å². The molecule has 4 heteroatoms. The lowest BCUT2D eigenvalue weighted by atomic mass is 10.2. The lowest BCUT2D eigenvalue weighted by molar-refractivity contribution is 0.0298. The van der Waals surface area contributed by atoms with Gasteiger partial charge in [-0.2, -0.15) is 0 Å². The monoisotopic (exact) mass is 288 g/mol. The standard InChI is InChI=1S/C17H24N2O2/c1-13-11-19(16(20)21-17(2,3)4)12-15(13)18-10-14-8-6-5-7-9-14/h5-9,18H,10-12H2,1-4H3. The maximum Gasteiger partial charge on any atom is 0.410 e. The Morgan fingerprint density at radius 2 is 1.90 bits per heavy atom. The van der Waals surface area contributed by atoms with Gasteiger partial charge in [0.1, 0.15) is 5.60 Å². The average molecular weight is 288 g/mol. The first-order chi connectivity index (χ1) is 9.85. The van der Waals surface area contributed by atoms with Crippen LogP contribution in [0.5, 0.6) is 0 Å². The topological polar surface area (TPSA) is 41.6 Å². The molecule has 2 rings (SSSR count). The van der Waals surface area contributed by atoms with Crippen molar-refractivity contribution in [2.75, 3.05) is 13.1 Å². The fourth-order valence-corrected chi connectivity index (χ4v) is 2.23. The highest BCUT2D eigenvalue weighted by Crippen LogP contribution is 2.18. The number of ether oxygens (including phenoxy) is 1. The van der Waals surface area contributed by atoms with Crippen molar-refractivity contribution in [1.82, 2.24) is 10.2 Å². The van der Waals surface area contributed by atoms with Crippen molar-refractivity contribution in [2.24, 2.45) is 0 Å². The number of amides is 1. The van der Waals surface area contributed by atoms with Crippen molar-refractivity contribution in [3.8, 4) is 0 Å². The average Bonchev–Trinajstić information content (AvgIpc) is 2.77. The van der Waals surface area contributed by atoms with Crippen LogP contribution in [-0.4, -0.2) is 29.7 Å². The molecule has 0 spiro atoms. The second-order valence-corrected chi connectivity index (χ2v) is 6.43. The van der Waals surface area contributed by atoms with Crippen LogP contribution < -0.4 is 5.32 Å². The van der Waals surface area contributed by atoms with Crippen LogP contribution in [0, 0.1) is 0 Å². The summed E-state index contributed by atoms with van der Waals surface area (Å²) in [7, 11) is 0. The van der Waals surface area contributed by atoms with E-state index in [0.717, 1.165) is 12.2 Å². The lowest BCUT2D eigenvalue weighted by Gasteiger charge is -2.24. The fraction of sp³-hybridized carbons (Fsp3) is 0.471. The zero-order valence-corrected chi connectivity index (χ0v) is 13.3. The number of nitrogens with zero attached hydrogens (tertiary/aromatic N) is 1. The molecule has 0 aliphatic carbocycles. The largest absolute Gasteiger partial charge is 0.444 e. The van der Waals surface area contributed by atoms with Gasteiger partial charge >= 0.3 is 6.09 Å². The molecule has 21 heavy (non-hydrogen) atoms. The van der Waals surface area contributed by atoms with Gasteiger partial charge in [-0.25, -0.2) is 4.79 Å². The number of carbonyl (C=O) groups excluding carboxylic acids is 1. The third kappa shape index (κ3) is 4.52. The predicted octanol–water partition coefficient (Wildman–Crippen LogP) is 3.30. The Kier molecular flexibility index (Phi) is 4.56. The minimum absolute atomic E-state index is 0.252. The Balaban J connectivity index is 1.88. The molecular formula is C17H24N2O2. The van der Waals surface area contributed by atoms with Crippen LogP contribution in [0.25, 0.3) is 0 Å². The Bertz CT molecular complexity index is 529. The molecule has 0 radical (unpaired) electrons. The quantitative estimate of drug-likeness (QED) is 0.928. The zero-order chi connectivity index (χ0) is 15.5. The molecule has 1 aliphatic heterocycles. The Labute approximate surface area is 126 Å². The molecule has 0 saturated heterocycles. The van der Waals surface area contributed by atoms with E-state index in [1.54, 1.807) is 4.90 Å². The maximum absolute atomic E-state index is 12.1. The minimum Gasteiger partial charge on any atom is -0.444 e. The summed E-state index contributed by atoms with van der Waals surface area (Å²) in [4.78, 5) is 13.8. The summed E-state index contributed by atoms with van der Waals surface area (Å²) in [5.74, 6) is 0. The molecule has 0 atom stereocenters. The second-order valence-electron chi connectivity index (χ2n) is 6.43. The molecule has 0 aromatic heterocycles. The summed E-state index contributed by atoms with van der Waals surface area (Å²) in [5, 5.41) is 3.43. The first-order valence-corrected chi connectivity index (χ1v) is 7.29. The Hall–Kier alpha value is -1.97. The molecule has 1 amide bonds. The summed E-state index contributed by atoms with van der Waals surface area (Å²) in [5.41, 5.74) is 3.08. The van der Waals surface area contributed by atoms with Crippen molar-refractivity contribution in [3.63, 3.8) is 0 Å². The van der Waals surface area contributed by atoms with Crippen molar-refractivity contribution >= 4 is 6.09 Å². The fourth-order valence-electron chi connectivity index (χ4n) is 2.23. The van der Waals surface area contributed by atoms with E-state index in [-0.39, 0.29) is 6.09 Å². The van der Waals surface area contributed by atoms with E-state index < -0.39 is 5.60 Å². The van der Waals surface area contributed by atoms with Crippen LogP contribution in [0.1, 0.15) is 33.3 Å². The van der Waals surface area contributed by atoms with Gasteiger partial charge in [0.05, 0.1) is 6.54 Å². The summed E-state index contributed by atoms with van der Waals surface area (Å²) >= 11 is 0. The number of carbonyl (C=O) groups is 1. The zero-order valence-electron chi connectivity index (χ0n) is 13.3. The van der Waals surface area contributed by atoms with Crippen molar-refractivity contribution < 1.29 is 9.53 Å². The summed E-state index contributed by atoms with van der Waals surface area (Å²) in [6, 6.07) is 10.2. The highest BCUT2D eigenvalue weighted by molar-refractivity contribution is 5.69. The van der Waals surface area contributed by atoms with Crippen LogP contribution >= 0.6 is 0 Å². The van der Waals surface area contributed by atoms with Gasteiger partial charge in [0.2, 0.25) is 0 Å². The number of rotatable bonds is 3. The summed E-state index contributed by atoms with van der Waals surface area (Å²) in [6.45, 7) is 9.70. The highest BCUT2D eigenvalue weighted by atomic mass is 16.6. The first kappa shape index (κ1) is 15.4. The van der Waals surface area contributed by atoms with Crippen LogP contribution in [-0.2, 0) is 11.3 Å². The van der Waals surface area contributed by atoms with Gasteiger partial charge in [-0.15, -0.1) is 0 Å². The summed E-state index contributed by atoms with van der Waals surface area (Å²) in [6.07, 6.45) is -0.252. The normalized spacial score (nSPS) is 15.3. The van der Waals surface area contributed by atoms with Gasteiger partial charge in [-0.1, -0.05) is 30.3 Å². The lowest BCUT2D eigenvalue weighted by Crippen LogP contribution is -2.36. The SMILES string of the molecule is CC1=C(NCc2ccccc2)CN(C(=O)OC(C)(C)C)C1. The molecule has 0 unspecified atom stereocenters. The van der Waals surface area contributed by atoms with Crippen LogP contribution in [0.4, 0.5) is 4.79 Å². The van der Waals surface area contributed by atoms with E-state index in [2.05, 4.69) is 24.4 Å². The molecule has 0 saturated carbocycles. The molecule has 4 nitrogen and oxygen atoms in total. The molecule has 1 aromatic rings. The third-order valence-electron chi connectivity index (χ3n) is 3.29.